The molecular weight excluding hydrogens is 546 g/mol. The Morgan fingerprint density at radius 2 is 1.53 bits per heavy atom. The van der Waals surface area contributed by atoms with Gasteiger partial charge in [-0.2, -0.15) is 26.3 Å². The third kappa shape index (κ3) is 11.0. The van der Waals surface area contributed by atoms with Crippen molar-refractivity contribution in [2.75, 3.05) is 52.5 Å². The van der Waals surface area contributed by atoms with Crippen molar-refractivity contribution >= 4 is 23.3 Å². The number of ether oxygens (including phenoxy) is 2. The maximum atomic E-state index is 10.6. The maximum absolute atomic E-state index is 10.6. The number of hydrogen-bond acceptors (Lipinski definition) is 7. The van der Waals surface area contributed by atoms with Crippen LogP contribution in [-0.2, 0) is 25.6 Å². The quantitative estimate of drug-likeness (QED) is 0.520. The van der Waals surface area contributed by atoms with Crippen LogP contribution in [0.5, 0.6) is 0 Å². The second-order valence-electron chi connectivity index (χ2n) is 9.31. The van der Waals surface area contributed by atoms with Crippen LogP contribution in [0, 0.1) is 18.8 Å². The Balaban J connectivity index is 0.000000301. The van der Waals surface area contributed by atoms with Crippen molar-refractivity contribution in [3.05, 3.63) is 21.9 Å². The second-order valence-corrected chi connectivity index (χ2v) is 10.3. The molecule has 3 aliphatic heterocycles. The fourth-order valence-electron chi connectivity index (χ4n) is 4.41. The molecule has 4 heterocycles. The molecule has 0 spiro atoms. The molecule has 1 aromatic rings. The van der Waals surface area contributed by atoms with E-state index in [4.69, 9.17) is 29.3 Å². The summed E-state index contributed by atoms with van der Waals surface area (Å²) in [5, 5.41) is 16.5. The van der Waals surface area contributed by atoms with Gasteiger partial charge in [-0.3, -0.25) is 4.90 Å². The second kappa shape index (κ2) is 14.4. The lowest BCUT2D eigenvalue weighted by molar-refractivity contribution is -0.193. The largest absolute Gasteiger partial charge is 0.490 e. The van der Waals surface area contributed by atoms with Crippen LogP contribution in [0.2, 0.25) is 0 Å². The van der Waals surface area contributed by atoms with Gasteiger partial charge in [-0.15, -0.1) is 11.3 Å². The van der Waals surface area contributed by atoms with Crippen LogP contribution < -0.4 is 0 Å². The van der Waals surface area contributed by atoms with Crippen LogP contribution in [0.1, 0.15) is 23.3 Å². The third-order valence-electron chi connectivity index (χ3n) is 6.37. The van der Waals surface area contributed by atoms with Gasteiger partial charge in [0.1, 0.15) is 0 Å². The summed E-state index contributed by atoms with van der Waals surface area (Å²) in [4.78, 5) is 24.6. The first-order chi connectivity index (χ1) is 17.7. The number of hydrogen-bond donors (Lipinski definition) is 2. The molecule has 218 valence electrons. The minimum atomic E-state index is -5.08. The number of alkyl halides is 6. The summed E-state index contributed by atoms with van der Waals surface area (Å²) in [6.07, 6.45) is -7.27. The minimum Gasteiger partial charge on any atom is -0.475 e. The van der Waals surface area contributed by atoms with Gasteiger partial charge in [0.2, 0.25) is 0 Å². The molecule has 2 N–H and O–H groups in total. The van der Waals surface area contributed by atoms with Gasteiger partial charge >= 0.3 is 24.3 Å². The first-order valence-electron chi connectivity index (χ1n) is 11.9. The van der Waals surface area contributed by atoms with Gasteiger partial charge in [-0.1, -0.05) is 0 Å². The average molecular weight is 579 g/mol. The van der Waals surface area contributed by atoms with Crippen LogP contribution in [0.15, 0.2) is 11.4 Å². The number of carboxylic acid groups (broad SMARTS) is 2. The average Bonchev–Trinajstić information content (AvgIpc) is 3.34. The molecule has 3 saturated heterocycles. The van der Waals surface area contributed by atoms with Gasteiger partial charge in [0.25, 0.3) is 0 Å². The number of halogens is 6. The van der Waals surface area contributed by atoms with Crippen LogP contribution >= 0.6 is 11.3 Å². The van der Waals surface area contributed by atoms with Crippen LogP contribution in [-0.4, -0.2) is 103 Å². The molecule has 0 radical (unpaired) electrons. The predicted octanol–water partition coefficient (Wildman–Crippen LogP) is 3.88. The monoisotopic (exact) mass is 578 g/mol. The fraction of sp³-hybridized carbons (Fsp3) is 0.739. The standard InChI is InChI=1S/C19H30N2O2S.2C2HF3O2/c1-15-4-9-24-19(15)14-21-12-17-11-20(5-8-23-18(17)13-21)10-16-2-6-22-7-3-16;2*3-2(4,5)1(6)7/h4,9,16-18H,2-3,5-8,10-14H2,1H3;2*(H,6,7)/t17-,18+;;/m0../s1. The summed E-state index contributed by atoms with van der Waals surface area (Å²) in [6, 6.07) is 2.24. The van der Waals surface area contributed by atoms with E-state index in [9.17, 15) is 26.3 Å². The number of carbonyl (C=O) groups is 2. The van der Waals surface area contributed by atoms with Gasteiger partial charge in [-0.05, 0) is 42.7 Å². The minimum absolute atomic E-state index is 0.435. The number of aliphatic carboxylic acids is 2. The topological polar surface area (TPSA) is 99.5 Å². The van der Waals surface area contributed by atoms with E-state index in [-0.39, 0.29) is 0 Å². The highest BCUT2D eigenvalue weighted by molar-refractivity contribution is 7.10. The summed E-state index contributed by atoms with van der Waals surface area (Å²) < 4.78 is 75.2. The summed E-state index contributed by atoms with van der Waals surface area (Å²) in [5.74, 6) is -4.02. The summed E-state index contributed by atoms with van der Waals surface area (Å²) >= 11 is 1.89. The van der Waals surface area contributed by atoms with E-state index >= 15 is 0 Å². The lowest BCUT2D eigenvalue weighted by Gasteiger charge is -2.30. The molecule has 4 rings (SSSR count). The molecule has 0 aliphatic carbocycles. The smallest absolute Gasteiger partial charge is 0.475 e. The number of aryl methyl sites for hydroxylation is 1. The van der Waals surface area contributed by atoms with Crippen molar-refractivity contribution < 1.29 is 55.6 Å². The van der Waals surface area contributed by atoms with Gasteiger partial charge < -0.3 is 24.6 Å². The van der Waals surface area contributed by atoms with Gasteiger partial charge in [0.15, 0.2) is 0 Å². The molecule has 38 heavy (non-hydrogen) atoms. The van der Waals surface area contributed by atoms with Crippen LogP contribution in [0.3, 0.4) is 0 Å². The van der Waals surface area contributed by atoms with E-state index in [1.807, 2.05) is 11.3 Å². The summed E-state index contributed by atoms with van der Waals surface area (Å²) in [5.41, 5.74) is 1.44. The van der Waals surface area contributed by atoms with E-state index in [1.165, 1.54) is 42.9 Å². The highest BCUT2D eigenvalue weighted by Crippen LogP contribution is 2.28. The first kappa shape index (κ1) is 32.3. The van der Waals surface area contributed by atoms with Crippen molar-refractivity contribution in [2.45, 2.75) is 44.8 Å². The van der Waals surface area contributed by atoms with Crippen molar-refractivity contribution in [2.24, 2.45) is 11.8 Å². The Morgan fingerprint density at radius 1 is 0.974 bits per heavy atom. The van der Waals surface area contributed by atoms with E-state index in [0.29, 0.717) is 12.0 Å². The number of fused-ring (bicyclic) bond motifs is 1. The number of rotatable bonds is 4. The number of carboxylic acids is 2. The highest BCUT2D eigenvalue weighted by atomic mass is 32.1. The normalized spacial score (nSPS) is 23.3. The van der Waals surface area contributed by atoms with Crippen molar-refractivity contribution in [3.63, 3.8) is 0 Å². The van der Waals surface area contributed by atoms with Crippen molar-refractivity contribution in [1.82, 2.24) is 9.80 Å². The SMILES string of the molecule is Cc1ccsc1CN1C[C@@H]2CN(CC3CCOCC3)CCO[C@@H]2C1.O=C(O)C(F)(F)F.O=C(O)C(F)(F)F. The third-order valence-corrected chi connectivity index (χ3v) is 7.37. The molecule has 0 bridgehead atoms. The zero-order valence-corrected chi connectivity index (χ0v) is 21.6. The molecular formula is C23H32F6N2O6S. The van der Waals surface area contributed by atoms with E-state index in [2.05, 4.69) is 28.2 Å². The lowest BCUT2D eigenvalue weighted by atomic mass is 9.98. The Morgan fingerprint density at radius 3 is 2.03 bits per heavy atom. The highest BCUT2D eigenvalue weighted by Gasteiger charge is 2.39. The van der Waals surface area contributed by atoms with E-state index in [0.717, 1.165) is 45.4 Å². The van der Waals surface area contributed by atoms with E-state index in [1.54, 1.807) is 0 Å². The Hall–Kier alpha value is -1.94. The summed E-state index contributed by atoms with van der Waals surface area (Å²) in [7, 11) is 0. The zero-order chi connectivity index (χ0) is 28.5. The predicted molar refractivity (Wildman–Crippen MR) is 125 cm³/mol. The number of thiophene rings is 1. The molecule has 0 amide bonds. The molecule has 0 unspecified atom stereocenters. The Kier molecular flexibility index (Phi) is 12.3. The van der Waals surface area contributed by atoms with Gasteiger partial charge in [0.05, 0.1) is 12.7 Å². The number of nitrogens with zero attached hydrogens (tertiary/aromatic N) is 2. The maximum Gasteiger partial charge on any atom is 0.490 e. The van der Waals surface area contributed by atoms with E-state index < -0.39 is 24.3 Å². The fourth-order valence-corrected chi connectivity index (χ4v) is 5.35. The van der Waals surface area contributed by atoms with Gasteiger partial charge in [-0.25, -0.2) is 9.59 Å². The molecule has 15 heteroatoms. The lowest BCUT2D eigenvalue weighted by Crippen LogP contribution is -2.37. The summed E-state index contributed by atoms with van der Waals surface area (Å²) in [6.45, 7) is 12.0. The molecule has 3 fully saturated rings. The van der Waals surface area contributed by atoms with Crippen LogP contribution in [0.25, 0.3) is 0 Å². The first-order valence-corrected chi connectivity index (χ1v) is 12.8. The molecule has 2 atom stereocenters. The molecule has 1 aromatic heterocycles. The molecule has 8 nitrogen and oxygen atoms in total. The van der Waals surface area contributed by atoms with Gasteiger partial charge in [0, 0.05) is 63.3 Å². The molecule has 3 aliphatic rings. The van der Waals surface area contributed by atoms with Crippen molar-refractivity contribution in [3.8, 4) is 0 Å². The van der Waals surface area contributed by atoms with Crippen molar-refractivity contribution in [1.29, 1.82) is 0 Å². The molecule has 0 saturated carbocycles. The Bertz CT molecular complexity index is 866. The Labute approximate surface area is 220 Å². The number of likely N-dealkylation sites (tertiary alicyclic amines) is 1. The zero-order valence-electron chi connectivity index (χ0n) is 20.8. The van der Waals surface area contributed by atoms with Crippen LogP contribution in [0.4, 0.5) is 26.3 Å². The molecule has 0 aromatic carbocycles.